The molecule has 0 saturated heterocycles. The summed E-state index contributed by atoms with van der Waals surface area (Å²) in [7, 11) is 3.36. The van der Waals surface area contributed by atoms with Crippen molar-refractivity contribution < 1.29 is 14.3 Å². The van der Waals surface area contributed by atoms with E-state index in [0.717, 1.165) is 22.5 Å². The quantitative estimate of drug-likeness (QED) is 0.452. The minimum absolute atomic E-state index is 0.0483. The molecule has 2 amide bonds. The summed E-state index contributed by atoms with van der Waals surface area (Å²) in [4.78, 5) is 31.9. The molecule has 1 heterocycles. The highest BCUT2D eigenvalue weighted by molar-refractivity contribution is 5.94. The first-order valence-electron chi connectivity index (χ1n) is 10.7. The number of aromatic nitrogens is 2. The fourth-order valence-corrected chi connectivity index (χ4v) is 3.66. The van der Waals surface area contributed by atoms with Crippen LogP contribution in [0.25, 0.3) is 11.0 Å². The summed E-state index contributed by atoms with van der Waals surface area (Å²) in [6.07, 6.45) is 0.499. The van der Waals surface area contributed by atoms with Gasteiger partial charge in [-0.15, -0.1) is 0 Å². The molecular formula is C26H26N4O3. The molecule has 0 atom stereocenters. The number of methoxy groups -OCH3 is 1. The molecule has 7 heteroatoms. The Morgan fingerprint density at radius 2 is 1.67 bits per heavy atom. The zero-order chi connectivity index (χ0) is 23.2. The third-order valence-electron chi connectivity index (χ3n) is 5.53. The van der Waals surface area contributed by atoms with Gasteiger partial charge >= 0.3 is 0 Å². The van der Waals surface area contributed by atoms with Gasteiger partial charge in [0.15, 0.2) is 0 Å². The lowest BCUT2D eigenvalue weighted by atomic mass is 10.2. The summed E-state index contributed by atoms with van der Waals surface area (Å²) >= 11 is 0. The van der Waals surface area contributed by atoms with Crippen molar-refractivity contribution in [3.05, 3.63) is 90.3 Å². The van der Waals surface area contributed by atoms with Gasteiger partial charge in [-0.05, 0) is 48.5 Å². The van der Waals surface area contributed by atoms with E-state index in [1.165, 1.54) is 0 Å². The first kappa shape index (κ1) is 22.1. The molecule has 3 aromatic carbocycles. The minimum Gasteiger partial charge on any atom is -0.497 e. The van der Waals surface area contributed by atoms with Crippen LogP contribution in [-0.2, 0) is 17.8 Å². The fourth-order valence-electron chi connectivity index (χ4n) is 3.66. The molecule has 0 fully saturated rings. The number of rotatable bonds is 8. The molecule has 0 bridgehead atoms. The molecule has 1 N–H and O–H groups in total. The Hall–Kier alpha value is -4.13. The van der Waals surface area contributed by atoms with Crippen molar-refractivity contribution in [2.75, 3.05) is 25.6 Å². The van der Waals surface area contributed by atoms with Gasteiger partial charge < -0.3 is 19.5 Å². The van der Waals surface area contributed by atoms with Crippen LogP contribution in [-0.4, -0.2) is 42.1 Å². The van der Waals surface area contributed by atoms with Crippen LogP contribution in [0.4, 0.5) is 5.69 Å². The number of hydrogen-bond acceptors (Lipinski definition) is 4. The Balaban J connectivity index is 1.47. The Labute approximate surface area is 192 Å². The molecule has 0 spiro atoms. The van der Waals surface area contributed by atoms with Gasteiger partial charge in [-0.2, -0.15) is 0 Å². The highest BCUT2D eigenvalue weighted by Gasteiger charge is 2.17. The van der Waals surface area contributed by atoms with E-state index in [9.17, 15) is 9.59 Å². The fraction of sp³-hybridized carbons (Fsp3) is 0.192. The molecule has 168 valence electrons. The van der Waals surface area contributed by atoms with E-state index in [1.807, 2.05) is 59.2 Å². The average Bonchev–Trinajstić information content (AvgIpc) is 3.21. The molecule has 0 aliphatic rings. The number of anilines is 1. The van der Waals surface area contributed by atoms with Gasteiger partial charge in [0.1, 0.15) is 18.1 Å². The number of hydrogen-bond donors (Lipinski definition) is 1. The number of ether oxygens (including phenoxy) is 1. The maximum atomic E-state index is 13.0. The normalized spacial score (nSPS) is 10.7. The van der Waals surface area contributed by atoms with Crippen molar-refractivity contribution in [2.24, 2.45) is 0 Å². The van der Waals surface area contributed by atoms with Gasteiger partial charge in [0.05, 0.1) is 18.1 Å². The summed E-state index contributed by atoms with van der Waals surface area (Å²) in [5.74, 6) is 1.24. The third kappa shape index (κ3) is 5.03. The highest BCUT2D eigenvalue weighted by Crippen LogP contribution is 2.18. The Morgan fingerprint density at radius 3 is 2.39 bits per heavy atom. The molecule has 0 radical (unpaired) electrons. The molecule has 7 nitrogen and oxygen atoms in total. The van der Waals surface area contributed by atoms with Gasteiger partial charge in [0, 0.05) is 31.3 Å². The van der Waals surface area contributed by atoms with Crippen LogP contribution in [0.15, 0.2) is 78.9 Å². The van der Waals surface area contributed by atoms with Crippen molar-refractivity contribution >= 4 is 28.5 Å². The van der Waals surface area contributed by atoms with E-state index in [-0.39, 0.29) is 18.4 Å². The van der Waals surface area contributed by atoms with E-state index in [4.69, 9.17) is 9.72 Å². The molecule has 1 aromatic heterocycles. The van der Waals surface area contributed by atoms with Crippen molar-refractivity contribution in [3.63, 3.8) is 0 Å². The maximum absolute atomic E-state index is 13.0. The SMILES string of the molecule is COc1ccc(C(=O)NCCc2nc3ccccc3n2CC(=O)N(C)c2ccccc2)cc1. The second-order valence-corrected chi connectivity index (χ2v) is 7.63. The Bertz CT molecular complexity index is 1250. The van der Waals surface area contributed by atoms with Crippen molar-refractivity contribution in [1.82, 2.24) is 14.9 Å². The van der Waals surface area contributed by atoms with E-state index < -0.39 is 0 Å². The lowest BCUT2D eigenvalue weighted by Gasteiger charge is -2.18. The molecule has 4 rings (SSSR count). The van der Waals surface area contributed by atoms with Gasteiger partial charge in [0.2, 0.25) is 5.91 Å². The zero-order valence-corrected chi connectivity index (χ0v) is 18.7. The monoisotopic (exact) mass is 442 g/mol. The van der Waals surface area contributed by atoms with Gasteiger partial charge in [-0.3, -0.25) is 9.59 Å². The summed E-state index contributed by atoms with van der Waals surface area (Å²) < 4.78 is 7.06. The topological polar surface area (TPSA) is 76.5 Å². The maximum Gasteiger partial charge on any atom is 0.251 e. The summed E-state index contributed by atoms with van der Waals surface area (Å²) in [5, 5.41) is 2.93. The van der Waals surface area contributed by atoms with Crippen molar-refractivity contribution in [1.29, 1.82) is 0 Å². The second kappa shape index (κ2) is 9.99. The predicted molar refractivity (Wildman–Crippen MR) is 129 cm³/mol. The van der Waals surface area contributed by atoms with Crippen LogP contribution >= 0.6 is 0 Å². The number of nitrogens with one attached hydrogen (secondary N) is 1. The Kier molecular flexibility index (Phi) is 6.69. The number of carbonyl (C=O) groups is 2. The number of benzene rings is 3. The van der Waals surface area contributed by atoms with Gasteiger partial charge in [-0.25, -0.2) is 4.98 Å². The minimum atomic E-state index is -0.166. The summed E-state index contributed by atoms with van der Waals surface area (Å²) in [5.41, 5.74) is 3.11. The van der Waals surface area contributed by atoms with Crippen LogP contribution in [0.3, 0.4) is 0 Å². The van der Waals surface area contributed by atoms with Crippen LogP contribution in [0.2, 0.25) is 0 Å². The number of nitrogens with zero attached hydrogens (tertiary/aromatic N) is 3. The first-order chi connectivity index (χ1) is 16.1. The molecule has 0 unspecified atom stereocenters. The van der Waals surface area contributed by atoms with Crippen LogP contribution in [0, 0.1) is 0 Å². The lowest BCUT2D eigenvalue weighted by molar-refractivity contribution is -0.118. The number of para-hydroxylation sites is 3. The molecule has 4 aromatic rings. The Morgan fingerprint density at radius 1 is 0.970 bits per heavy atom. The molecule has 0 saturated carbocycles. The van der Waals surface area contributed by atoms with E-state index >= 15 is 0 Å². The second-order valence-electron chi connectivity index (χ2n) is 7.63. The lowest BCUT2D eigenvalue weighted by Crippen LogP contribution is -2.31. The van der Waals surface area contributed by atoms with Crippen LogP contribution in [0.1, 0.15) is 16.2 Å². The number of carbonyl (C=O) groups excluding carboxylic acids is 2. The summed E-state index contributed by atoms with van der Waals surface area (Å²) in [6.45, 7) is 0.560. The first-order valence-corrected chi connectivity index (χ1v) is 10.7. The highest BCUT2D eigenvalue weighted by atomic mass is 16.5. The van der Waals surface area contributed by atoms with Crippen molar-refractivity contribution in [3.8, 4) is 5.75 Å². The third-order valence-corrected chi connectivity index (χ3v) is 5.53. The molecule has 0 aliphatic heterocycles. The molecule has 33 heavy (non-hydrogen) atoms. The van der Waals surface area contributed by atoms with Crippen molar-refractivity contribution in [2.45, 2.75) is 13.0 Å². The smallest absolute Gasteiger partial charge is 0.251 e. The van der Waals surface area contributed by atoms with Crippen LogP contribution < -0.4 is 15.0 Å². The molecule has 0 aliphatic carbocycles. The standard InChI is InChI=1S/C26H26N4O3/c1-29(20-8-4-3-5-9-20)25(31)18-30-23-11-7-6-10-22(23)28-24(30)16-17-27-26(32)19-12-14-21(33-2)15-13-19/h3-15H,16-18H2,1-2H3,(H,27,32). The predicted octanol–water partition coefficient (Wildman–Crippen LogP) is 3.68. The van der Waals surface area contributed by atoms with E-state index in [0.29, 0.717) is 24.3 Å². The van der Waals surface area contributed by atoms with Gasteiger partial charge in [-0.1, -0.05) is 30.3 Å². The van der Waals surface area contributed by atoms with Gasteiger partial charge in [0.25, 0.3) is 5.91 Å². The number of amides is 2. The largest absolute Gasteiger partial charge is 0.497 e. The molecular weight excluding hydrogens is 416 g/mol. The average molecular weight is 443 g/mol. The zero-order valence-electron chi connectivity index (χ0n) is 18.7. The number of fused-ring (bicyclic) bond motifs is 1. The van der Waals surface area contributed by atoms with E-state index in [2.05, 4.69) is 5.32 Å². The van der Waals surface area contributed by atoms with Crippen LogP contribution in [0.5, 0.6) is 5.75 Å². The number of imidazole rings is 1. The van der Waals surface area contributed by atoms with E-state index in [1.54, 1.807) is 43.3 Å². The number of likely N-dealkylation sites (N-methyl/N-ethyl adjacent to an activating group) is 1. The summed E-state index contributed by atoms with van der Waals surface area (Å²) in [6, 6.07) is 24.2.